The van der Waals surface area contributed by atoms with Crippen molar-refractivity contribution in [3.63, 3.8) is 0 Å². The SMILES string of the molecule is CC(C)NC(=O)N1CCN(C)CC1.CCC.[HH]. The molecule has 1 fully saturated rings. The highest BCUT2D eigenvalue weighted by molar-refractivity contribution is 5.74. The van der Waals surface area contributed by atoms with Crippen molar-refractivity contribution in [3.05, 3.63) is 0 Å². The normalized spacial score (nSPS) is 16.8. The minimum Gasteiger partial charge on any atom is -0.336 e. The van der Waals surface area contributed by atoms with E-state index in [9.17, 15) is 4.79 Å². The number of nitrogens with zero attached hydrogens (tertiary/aromatic N) is 2. The molecule has 0 aromatic rings. The largest absolute Gasteiger partial charge is 0.336 e. The van der Waals surface area contributed by atoms with Crippen LogP contribution in [0.3, 0.4) is 0 Å². The number of amides is 2. The topological polar surface area (TPSA) is 35.6 Å². The minimum absolute atomic E-state index is 0. The Bertz CT molecular complexity index is 192. The summed E-state index contributed by atoms with van der Waals surface area (Å²) < 4.78 is 0. The summed E-state index contributed by atoms with van der Waals surface area (Å²) in [5, 5.41) is 2.90. The van der Waals surface area contributed by atoms with Crippen molar-refractivity contribution in [3.8, 4) is 0 Å². The molecule has 1 rings (SSSR count). The molecule has 0 aromatic heterocycles. The number of likely N-dealkylation sites (N-methyl/N-ethyl adjacent to an activating group) is 1. The first kappa shape index (κ1) is 15.2. The number of piperazine rings is 1. The van der Waals surface area contributed by atoms with E-state index in [2.05, 4.69) is 31.1 Å². The summed E-state index contributed by atoms with van der Waals surface area (Å²) in [6.07, 6.45) is 1.25. The Labute approximate surface area is 101 Å². The van der Waals surface area contributed by atoms with E-state index in [4.69, 9.17) is 0 Å². The number of nitrogens with one attached hydrogen (secondary N) is 1. The minimum atomic E-state index is 0. The van der Waals surface area contributed by atoms with E-state index in [0.29, 0.717) is 0 Å². The lowest BCUT2D eigenvalue weighted by Gasteiger charge is -2.32. The van der Waals surface area contributed by atoms with Crippen LogP contribution in [0.4, 0.5) is 4.79 Å². The maximum Gasteiger partial charge on any atom is 0.317 e. The monoisotopic (exact) mass is 231 g/mol. The molecular weight excluding hydrogens is 202 g/mol. The van der Waals surface area contributed by atoms with Gasteiger partial charge in [-0.3, -0.25) is 0 Å². The average Bonchev–Trinajstić information content (AvgIpc) is 2.18. The molecule has 0 atom stereocenters. The summed E-state index contributed by atoms with van der Waals surface area (Å²) in [5.41, 5.74) is 0. The fraction of sp³-hybridized carbons (Fsp3) is 0.917. The first-order chi connectivity index (χ1) is 7.51. The molecule has 4 heteroatoms. The lowest BCUT2D eigenvalue weighted by atomic mass is 10.3. The van der Waals surface area contributed by atoms with E-state index in [1.165, 1.54) is 6.42 Å². The Morgan fingerprint density at radius 1 is 1.25 bits per heavy atom. The van der Waals surface area contributed by atoms with Crippen molar-refractivity contribution in [2.75, 3.05) is 33.2 Å². The van der Waals surface area contributed by atoms with E-state index < -0.39 is 0 Å². The molecule has 1 heterocycles. The molecule has 4 nitrogen and oxygen atoms in total. The fourth-order valence-corrected chi connectivity index (χ4v) is 1.35. The van der Waals surface area contributed by atoms with Crippen LogP contribution in [-0.2, 0) is 0 Å². The third-order valence-electron chi connectivity index (χ3n) is 2.20. The molecule has 1 aliphatic rings. The Morgan fingerprint density at radius 2 is 1.69 bits per heavy atom. The lowest BCUT2D eigenvalue weighted by Crippen LogP contribution is -2.51. The number of hydrogen-bond donors (Lipinski definition) is 1. The van der Waals surface area contributed by atoms with Crippen LogP contribution in [0, 0.1) is 0 Å². The predicted molar refractivity (Wildman–Crippen MR) is 70.8 cm³/mol. The number of carbonyl (C=O) groups is 1. The first-order valence-electron chi connectivity index (χ1n) is 6.25. The molecule has 0 saturated carbocycles. The summed E-state index contributed by atoms with van der Waals surface area (Å²) in [4.78, 5) is 15.6. The van der Waals surface area contributed by atoms with E-state index in [-0.39, 0.29) is 13.5 Å². The van der Waals surface area contributed by atoms with Gasteiger partial charge in [-0.1, -0.05) is 20.3 Å². The third kappa shape index (κ3) is 6.67. The lowest BCUT2D eigenvalue weighted by molar-refractivity contribution is 0.153. The van der Waals surface area contributed by atoms with Crippen LogP contribution >= 0.6 is 0 Å². The van der Waals surface area contributed by atoms with Crippen molar-refractivity contribution in [2.24, 2.45) is 0 Å². The quantitative estimate of drug-likeness (QED) is 0.749. The molecule has 0 bridgehead atoms. The maximum absolute atomic E-state index is 11.5. The van der Waals surface area contributed by atoms with E-state index in [1.807, 2.05) is 18.7 Å². The molecule has 2 amide bonds. The molecule has 0 aromatic carbocycles. The Hall–Kier alpha value is -0.770. The Kier molecular flexibility index (Phi) is 7.99. The van der Waals surface area contributed by atoms with Crippen molar-refractivity contribution >= 4 is 6.03 Å². The van der Waals surface area contributed by atoms with Gasteiger partial charge in [-0.2, -0.15) is 0 Å². The molecule has 1 aliphatic heterocycles. The van der Waals surface area contributed by atoms with Crippen molar-refractivity contribution < 1.29 is 6.22 Å². The summed E-state index contributed by atoms with van der Waals surface area (Å²) in [7, 11) is 2.08. The smallest absolute Gasteiger partial charge is 0.317 e. The number of rotatable bonds is 1. The zero-order valence-corrected chi connectivity index (χ0v) is 11.4. The van der Waals surface area contributed by atoms with Gasteiger partial charge in [0.2, 0.25) is 0 Å². The van der Waals surface area contributed by atoms with E-state index >= 15 is 0 Å². The molecule has 98 valence electrons. The van der Waals surface area contributed by atoms with Gasteiger partial charge >= 0.3 is 6.03 Å². The highest BCUT2D eigenvalue weighted by Gasteiger charge is 2.18. The highest BCUT2D eigenvalue weighted by atomic mass is 16.2. The van der Waals surface area contributed by atoms with Crippen LogP contribution in [0.5, 0.6) is 0 Å². The fourth-order valence-electron chi connectivity index (χ4n) is 1.35. The molecule has 1 N–H and O–H groups in total. The van der Waals surface area contributed by atoms with Crippen LogP contribution in [0.25, 0.3) is 0 Å². The summed E-state index contributed by atoms with van der Waals surface area (Å²) in [5.74, 6) is 0. The first-order valence-corrected chi connectivity index (χ1v) is 6.25. The van der Waals surface area contributed by atoms with Crippen molar-refractivity contribution in [1.29, 1.82) is 0 Å². The molecule has 16 heavy (non-hydrogen) atoms. The van der Waals surface area contributed by atoms with Crippen molar-refractivity contribution in [2.45, 2.75) is 40.2 Å². The second-order valence-electron chi connectivity index (χ2n) is 4.60. The van der Waals surface area contributed by atoms with Gasteiger partial charge in [0.05, 0.1) is 0 Å². The second kappa shape index (κ2) is 8.39. The molecule has 0 spiro atoms. The Balaban J connectivity index is 0. The molecule has 0 aliphatic carbocycles. The van der Waals surface area contributed by atoms with E-state index in [0.717, 1.165) is 26.2 Å². The summed E-state index contributed by atoms with van der Waals surface area (Å²) in [6, 6.07) is 0.301. The van der Waals surface area contributed by atoms with Crippen LogP contribution < -0.4 is 5.32 Å². The number of hydrogen-bond acceptors (Lipinski definition) is 2. The van der Waals surface area contributed by atoms with Gasteiger partial charge < -0.3 is 15.1 Å². The van der Waals surface area contributed by atoms with Gasteiger partial charge in [0.25, 0.3) is 0 Å². The van der Waals surface area contributed by atoms with Gasteiger partial charge in [-0.05, 0) is 20.9 Å². The molecule has 0 unspecified atom stereocenters. The van der Waals surface area contributed by atoms with Gasteiger partial charge in [0.15, 0.2) is 0 Å². The summed E-state index contributed by atoms with van der Waals surface area (Å²) >= 11 is 0. The highest BCUT2D eigenvalue weighted by Crippen LogP contribution is 1.99. The number of carbonyl (C=O) groups excluding carboxylic acids is 1. The average molecular weight is 231 g/mol. The van der Waals surface area contributed by atoms with Crippen molar-refractivity contribution in [1.82, 2.24) is 15.1 Å². The van der Waals surface area contributed by atoms with Crippen LogP contribution in [0.15, 0.2) is 0 Å². The van der Waals surface area contributed by atoms with Crippen LogP contribution in [-0.4, -0.2) is 55.1 Å². The van der Waals surface area contributed by atoms with Gasteiger partial charge in [0, 0.05) is 33.6 Å². The zero-order chi connectivity index (χ0) is 12.6. The van der Waals surface area contributed by atoms with Gasteiger partial charge in [-0.15, -0.1) is 0 Å². The molecule has 0 radical (unpaired) electrons. The molecule has 1 saturated heterocycles. The second-order valence-corrected chi connectivity index (χ2v) is 4.60. The van der Waals surface area contributed by atoms with Crippen LogP contribution in [0.1, 0.15) is 35.5 Å². The Morgan fingerprint density at radius 3 is 2.06 bits per heavy atom. The van der Waals surface area contributed by atoms with Gasteiger partial charge in [0.1, 0.15) is 0 Å². The van der Waals surface area contributed by atoms with E-state index in [1.54, 1.807) is 0 Å². The summed E-state index contributed by atoms with van der Waals surface area (Å²) in [6.45, 7) is 11.9. The predicted octanol–water partition coefficient (Wildman–Crippen LogP) is 2.01. The number of urea groups is 1. The van der Waals surface area contributed by atoms with Gasteiger partial charge in [-0.25, -0.2) is 4.79 Å². The zero-order valence-electron chi connectivity index (χ0n) is 11.4. The van der Waals surface area contributed by atoms with Crippen LogP contribution in [0.2, 0.25) is 0 Å². The standard InChI is InChI=1S/C9H19N3O.C3H8.H2/c1-8(2)10-9(13)12-6-4-11(3)5-7-12;1-3-2;/h8H,4-7H2,1-3H3,(H,10,13);3H2,1-2H3;1H. The molecular formula is C12H29N3O. The maximum atomic E-state index is 11.5. The third-order valence-corrected chi connectivity index (χ3v) is 2.20.